The molecule has 3 heterocycles. The van der Waals surface area contributed by atoms with E-state index in [-0.39, 0.29) is 19.3 Å². The zero-order chi connectivity index (χ0) is 31.0. The minimum atomic E-state index is -1.80. The van der Waals surface area contributed by atoms with Crippen molar-refractivity contribution < 1.29 is 52.4 Å². The number of carbonyl (C=O) groups excluding carboxylic acids is 4. The molecule has 42 heavy (non-hydrogen) atoms. The SMILES string of the molecule is C=C1[C@@H]2C[C@H](OC(C)=O)[C@@]3(C)[C@H](c4ccoc4)OC(=O)[C@@H](O)[C@]13O[C@H]1C[C@H](OC(C)=O)C(C)(C)[C@H](CC(=O)OC)[C@]12C. The highest BCUT2D eigenvalue weighted by molar-refractivity contribution is 5.80. The van der Waals surface area contributed by atoms with E-state index in [1.165, 1.54) is 33.5 Å². The van der Waals surface area contributed by atoms with Crippen molar-refractivity contribution in [1.29, 1.82) is 0 Å². The highest BCUT2D eigenvalue weighted by Gasteiger charge is 2.79. The monoisotopic (exact) mass is 588 g/mol. The van der Waals surface area contributed by atoms with Crippen molar-refractivity contribution in [2.24, 2.45) is 28.1 Å². The van der Waals surface area contributed by atoms with Crippen LogP contribution in [0.3, 0.4) is 0 Å². The lowest BCUT2D eigenvalue weighted by Crippen LogP contribution is -2.80. The van der Waals surface area contributed by atoms with Crippen molar-refractivity contribution in [3.63, 3.8) is 0 Å². The van der Waals surface area contributed by atoms with E-state index in [9.17, 15) is 24.3 Å². The van der Waals surface area contributed by atoms with E-state index in [1.54, 1.807) is 13.0 Å². The molecule has 5 rings (SSSR count). The number of esters is 4. The van der Waals surface area contributed by atoms with Crippen molar-refractivity contribution in [2.75, 3.05) is 7.11 Å². The van der Waals surface area contributed by atoms with E-state index in [0.717, 1.165) is 0 Å². The minimum absolute atomic E-state index is 0.00779. The Hall–Kier alpha value is -3.18. The third-order valence-corrected chi connectivity index (χ3v) is 10.9. The number of aliphatic hydroxyl groups excluding tert-OH is 1. The summed E-state index contributed by atoms with van der Waals surface area (Å²) >= 11 is 0. The Bertz CT molecular complexity index is 1300. The van der Waals surface area contributed by atoms with Crippen LogP contribution in [0, 0.1) is 28.1 Å². The van der Waals surface area contributed by atoms with E-state index in [1.807, 2.05) is 20.8 Å². The number of fused-ring (bicyclic) bond motifs is 3. The summed E-state index contributed by atoms with van der Waals surface area (Å²) in [5.41, 5.74) is -3.68. The Morgan fingerprint density at radius 2 is 1.71 bits per heavy atom. The second-order valence-electron chi connectivity index (χ2n) is 13.2. The number of aliphatic hydroxyl groups is 1. The van der Waals surface area contributed by atoms with Crippen LogP contribution in [0.5, 0.6) is 0 Å². The maximum atomic E-state index is 13.4. The van der Waals surface area contributed by atoms with Gasteiger partial charge in [-0.05, 0) is 36.8 Å². The highest BCUT2D eigenvalue weighted by atomic mass is 16.6. The fourth-order valence-electron chi connectivity index (χ4n) is 8.86. The molecule has 11 nitrogen and oxygen atoms in total. The van der Waals surface area contributed by atoms with Gasteiger partial charge in [-0.2, -0.15) is 0 Å². The molecule has 2 aliphatic heterocycles. The van der Waals surface area contributed by atoms with Gasteiger partial charge >= 0.3 is 23.9 Å². The van der Waals surface area contributed by atoms with Crippen LogP contribution < -0.4 is 0 Å². The van der Waals surface area contributed by atoms with Gasteiger partial charge in [0.1, 0.15) is 23.9 Å². The van der Waals surface area contributed by atoms with Gasteiger partial charge in [0.05, 0.1) is 31.2 Å². The van der Waals surface area contributed by atoms with E-state index in [0.29, 0.717) is 11.1 Å². The van der Waals surface area contributed by atoms with Crippen LogP contribution in [0.15, 0.2) is 35.2 Å². The van der Waals surface area contributed by atoms with Crippen LogP contribution in [-0.4, -0.2) is 66.1 Å². The average Bonchev–Trinajstić information content (AvgIpc) is 3.44. The van der Waals surface area contributed by atoms with Gasteiger partial charge in [-0.3, -0.25) is 14.4 Å². The second kappa shape index (κ2) is 9.94. The average molecular weight is 589 g/mol. The van der Waals surface area contributed by atoms with Gasteiger partial charge in [0.25, 0.3) is 0 Å². The molecular weight excluding hydrogens is 548 g/mol. The number of ether oxygens (including phenoxy) is 5. The molecule has 0 aromatic carbocycles. The lowest BCUT2D eigenvalue weighted by molar-refractivity contribution is -0.352. The van der Waals surface area contributed by atoms with Gasteiger partial charge in [-0.1, -0.05) is 27.4 Å². The third-order valence-electron chi connectivity index (χ3n) is 10.9. The molecule has 4 fully saturated rings. The Labute approximate surface area is 244 Å². The first-order valence-corrected chi connectivity index (χ1v) is 14.3. The summed E-state index contributed by atoms with van der Waals surface area (Å²) in [4.78, 5) is 51.0. The predicted octanol–water partition coefficient (Wildman–Crippen LogP) is 3.44. The van der Waals surface area contributed by atoms with E-state index in [2.05, 4.69) is 6.58 Å². The highest BCUT2D eigenvalue weighted by Crippen LogP contribution is 2.72. The predicted molar refractivity (Wildman–Crippen MR) is 144 cm³/mol. The first-order valence-electron chi connectivity index (χ1n) is 14.3. The molecule has 2 aliphatic carbocycles. The molecule has 1 spiro atoms. The smallest absolute Gasteiger partial charge is 0.339 e. The summed E-state index contributed by atoms with van der Waals surface area (Å²) in [7, 11) is 1.32. The van der Waals surface area contributed by atoms with E-state index >= 15 is 0 Å². The third kappa shape index (κ3) is 3.92. The maximum Gasteiger partial charge on any atom is 0.339 e. The fourth-order valence-corrected chi connectivity index (χ4v) is 8.86. The molecule has 1 N–H and O–H groups in total. The van der Waals surface area contributed by atoms with Crippen molar-refractivity contribution in [3.05, 3.63) is 36.3 Å². The summed E-state index contributed by atoms with van der Waals surface area (Å²) in [6.07, 6.45) is -1.70. The van der Waals surface area contributed by atoms with Crippen molar-refractivity contribution in [3.8, 4) is 0 Å². The molecule has 1 aromatic rings. The van der Waals surface area contributed by atoms with Crippen LogP contribution in [0.25, 0.3) is 0 Å². The number of methoxy groups -OCH3 is 1. The Kier molecular flexibility index (Phi) is 7.17. The van der Waals surface area contributed by atoms with Crippen LogP contribution in [0.2, 0.25) is 0 Å². The summed E-state index contributed by atoms with van der Waals surface area (Å²) in [5, 5.41) is 11.7. The van der Waals surface area contributed by atoms with Crippen LogP contribution in [0.4, 0.5) is 0 Å². The summed E-state index contributed by atoms with van der Waals surface area (Å²) in [6.45, 7) is 14.7. The van der Waals surface area contributed by atoms with Crippen LogP contribution in [-0.2, 0) is 42.9 Å². The fraction of sp³-hybridized carbons (Fsp3) is 0.677. The Morgan fingerprint density at radius 3 is 2.29 bits per heavy atom. The topological polar surface area (TPSA) is 148 Å². The number of carbonyl (C=O) groups is 4. The van der Waals surface area contributed by atoms with E-state index < -0.39 is 88.1 Å². The van der Waals surface area contributed by atoms with Gasteiger partial charge in [0.2, 0.25) is 0 Å². The number of hydrogen-bond acceptors (Lipinski definition) is 11. The van der Waals surface area contributed by atoms with Crippen LogP contribution in [0.1, 0.15) is 72.5 Å². The van der Waals surface area contributed by atoms with Gasteiger partial charge in [-0.25, -0.2) is 4.79 Å². The lowest BCUT2D eigenvalue weighted by Gasteiger charge is -2.72. The van der Waals surface area contributed by atoms with Crippen LogP contribution >= 0.6 is 0 Å². The molecule has 0 unspecified atom stereocenters. The second-order valence-corrected chi connectivity index (χ2v) is 13.2. The van der Waals surface area contributed by atoms with Crippen molar-refractivity contribution in [2.45, 2.75) is 96.9 Å². The Balaban J connectivity index is 1.74. The molecule has 2 saturated carbocycles. The van der Waals surface area contributed by atoms with Gasteiger partial charge in [-0.15, -0.1) is 0 Å². The lowest BCUT2D eigenvalue weighted by atomic mass is 9.40. The van der Waals surface area contributed by atoms with Gasteiger partial charge in [0.15, 0.2) is 6.10 Å². The summed E-state index contributed by atoms with van der Waals surface area (Å²) < 4.78 is 35.1. The van der Waals surface area contributed by atoms with E-state index in [4.69, 9.17) is 28.1 Å². The molecule has 230 valence electrons. The van der Waals surface area contributed by atoms with Crippen molar-refractivity contribution >= 4 is 23.9 Å². The molecule has 0 amide bonds. The normalized spacial score (nSPS) is 42.0. The number of cyclic esters (lactones) is 1. The Morgan fingerprint density at radius 1 is 1.07 bits per heavy atom. The summed E-state index contributed by atoms with van der Waals surface area (Å²) in [6, 6.07) is 1.65. The molecule has 1 aromatic heterocycles. The van der Waals surface area contributed by atoms with Gasteiger partial charge in [0, 0.05) is 43.1 Å². The zero-order valence-electron chi connectivity index (χ0n) is 25.1. The first-order chi connectivity index (χ1) is 19.6. The molecule has 10 atom stereocenters. The van der Waals surface area contributed by atoms with Gasteiger partial charge < -0.3 is 33.2 Å². The largest absolute Gasteiger partial charge is 0.472 e. The molecular formula is C31H40O11. The van der Waals surface area contributed by atoms with Crippen molar-refractivity contribution in [1.82, 2.24) is 0 Å². The molecule has 4 aliphatic rings. The molecule has 0 radical (unpaired) electrons. The molecule has 2 bridgehead atoms. The number of furan rings is 1. The first kappa shape index (κ1) is 30.3. The quantitative estimate of drug-likeness (QED) is 0.306. The minimum Gasteiger partial charge on any atom is -0.472 e. The molecule has 2 saturated heterocycles. The number of rotatable bonds is 5. The standard InChI is InChI=1S/C31H40O11/c1-15-19-11-23(40-17(3)33)30(7)26(18-9-10-38-14-18)41-27(36)25(35)31(15,30)42-22-13-21(39-16(2)32)28(4,5)20(29(19,22)6)12-24(34)37-8/h9-10,14,19-23,25-26,35H,1,11-13H2,2-8H3/t19-,20-,21-,22-,23-,25+,26-,29+,30-,31+/m0/s1. The zero-order valence-corrected chi connectivity index (χ0v) is 25.1. The number of hydrogen-bond donors (Lipinski definition) is 1. The summed E-state index contributed by atoms with van der Waals surface area (Å²) in [5.74, 6) is -3.32. The maximum absolute atomic E-state index is 13.4. The molecule has 11 heteroatoms.